The molecule has 6 nitrogen and oxygen atoms in total. The summed E-state index contributed by atoms with van der Waals surface area (Å²) >= 11 is 0. The Bertz CT molecular complexity index is 314. The Morgan fingerprint density at radius 1 is 1.60 bits per heavy atom. The molecule has 15 heavy (non-hydrogen) atoms. The first-order valence-electron chi connectivity index (χ1n) is 4.60. The van der Waals surface area contributed by atoms with Crippen molar-refractivity contribution in [3.8, 4) is 0 Å². The molecule has 0 bridgehead atoms. The zero-order valence-electron chi connectivity index (χ0n) is 8.65. The van der Waals surface area contributed by atoms with Crippen molar-refractivity contribution in [2.75, 3.05) is 19.7 Å². The van der Waals surface area contributed by atoms with E-state index in [1.165, 1.54) is 6.92 Å². The molecule has 0 radical (unpaired) electrons. The minimum absolute atomic E-state index is 0.125. The van der Waals surface area contributed by atoms with Crippen molar-refractivity contribution in [2.24, 2.45) is 5.41 Å². The summed E-state index contributed by atoms with van der Waals surface area (Å²) in [7, 11) is 0. The van der Waals surface area contributed by atoms with E-state index in [1.54, 1.807) is 6.92 Å². The predicted octanol–water partition coefficient (Wildman–Crippen LogP) is 0.118. The highest BCUT2D eigenvalue weighted by atomic mass is 16.6. The number of aliphatic carboxylic acids is 1. The molecule has 1 aliphatic heterocycles. The Labute approximate surface area is 86.8 Å². The van der Waals surface area contributed by atoms with Crippen LogP contribution in [0.1, 0.15) is 13.8 Å². The van der Waals surface area contributed by atoms with Crippen LogP contribution in [0, 0.1) is 5.41 Å². The first-order valence-corrected chi connectivity index (χ1v) is 4.60. The second-order valence-corrected chi connectivity index (χ2v) is 3.62. The van der Waals surface area contributed by atoms with E-state index in [4.69, 9.17) is 5.11 Å². The second kappa shape index (κ2) is 3.88. The predicted molar refractivity (Wildman–Crippen MR) is 49.3 cm³/mol. The Morgan fingerprint density at radius 3 is 2.60 bits per heavy atom. The molecule has 0 saturated carbocycles. The van der Waals surface area contributed by atoms with E-state index < -0.39 is 23.3 Å². The summed E-state index contributed by atoms with van der Waals surface area (Å²) in [6, 6.07) is 0. The largest absolute Gasteiger partial charge is 0.480 e. The standard InChI is InChI=1S/C9H13NO5/c1-3-15-8(14)10-4-6(11)9(2,5-10)7(12)13/h3-5H2,1-2H3,(H,12,13). The van der Waals surface area contributed by atoms with Crippen molar-refractivity contribution in [1.82, 2.24) is 4.90 Å². The smallest absolute Gasteiger partial charge is 0.410 e. The quantitative estimate of drug-likeness (QED) is 0.661. The number of likely N-dealkylation sites (tertiary alicyclic amines) is 1. The molecular formula is C9H13NO5. The number of carbonyl (C=O) groups excluding carboxylic acids is 2. The lowest BCUT2D eigenvalue weighted by molar-refractivity contribution is -0.151. The molecule has 1 aliphatic rings. The fourth-order valence-corrected chi connectivity index (χ4v) is 1.40. The molecule has 0 aliphatic carbocycles. The maximum atomic E-state index is 11.4. The number of ketones is 1. The van der Waals surface area contributed by atoms with Gasteiger partial charge in [0, 0.05) is 6.54 Å². The number of hydrogen-bond donors (Lipinski definition) is 1. The Hall–Kier alpha value is -1.59. The molecule has 1 atom stereocenters. The molecule has 0 aromatic rings. The van der Waals surface area contributed by atoms with Crippen LogP contribution in [0.2, 0.25) is 0 Å². The molecule has 0 aromatic carbocycles. The summed E-state index contributed by atoms with van der Waals surface area (Å²) in [6.45, 7) is 2.85. The first kappa shape index (κ1) is 11.5. The van der Waals surface area contributed by atoms with Gasteiger partial charge in [-0.05, 0) is 13.8 Å². The highest BCUT2D eigenvalue weighted by Gasteiger charge is 2.50. The number of carbonyl (C=O) groups is 3. The van der Waals surface area contributed by atoms with Crippen LogP contribution in [-0.2, 0) is 14.3 Å². The lowest BCUT2D eigenvalue weighted by atomic mass is 9.89. The normalized spacial score (nSPS) is 25.5. The molecule has 6 heteroatoms. The zero-order valence-corrected chi connectivity index (χ0v) is 8.65. The van der Waals surface area contributed by atoms with Crippen LogP contribution in [0.3, 0.4) is 0 Å². The number of ether oxygens (including phenoxy) is 1. The maximum Gasteiger partial charge on any atom is 0.410 e. The zero-order chi connectivity index (χ0) is 11.6. The third kappa shape index (κ3) is 1.93. The topological polar surface area (TPSA) is 83.9 Å². The number of nitrogens with zero attached hydrogens (tertiary/aromatic N) is 1. The van der Waals surface area contributed by atoms with Gasteiger partial charge < -0.3 is 9.84 Å². The number of carboxylic acids is 1. The van der Waals surface area contributed by atoms with Gasteiger partial charge in [-0.25, -0.2) is 4.79 Å². The number of hydrogen-bond acceptors (Lipinski definition) is 4. The molecule has 1 unspecified atom stereocenters. The molecule has 0 aromatic heterocycles. The Kier molecular flexibility index (Phi) is 2.97. The molecule has 1 amide bonds. The SMILES string of the molecule is CCOC(=O)N1CC(=O)C(C)(C(=O)O)C1. The third-order valence-corrected chi connectivity index (χ3v) is 2.46. The molecule has 1 fully saturated rings. The van der Waals surface area contributed by atoms with Crippen LogP contribution in [0.4, 0.5) is 4.79 Å². The van der Waals surface area contributed by atoms with Crippen LogP contribution in [0.15, 0.2) is 0 Å². The van der Waals surface area contributed by atoms with Gasteiger partial charge >= 0.3 is 12.1 Å². The van der Waals surface area contributed by atoms with E-state index in [2.05, 4.69) is 4.74 Å². The lowest BCUT2D eigenvalue weighted by Crippen LogP contribution is -2.37. The molecule has 1 rings (SSSR count). The van der Waals surface area contributed by atoms with Gasteiger partial charge in [0.25, 0.3) is 0 Å². The molecule has 1 N–H and O–H groups in total. The average Bonchev–Trinajstić information content (AvgIpc) is 2.45. The number of Topliss-reactive ketones (excluding diaryl/α,β-unsaturated/α-hetero) is 1. The maximum absolute atomic E-state index is 11.4. The number of rotatable bonds is 2. The van der Waals surface area contributed by atoms with Gasteiger partial charge in [-0.3, -0.25) is 14.5 Å². The van der Waals surface area contributed by atoms with Gasteiger partial charge in [0.05, 0.1) is 13.2 Å². The van der Waals surface area contributed by atoms with Crippen molar-refractivity contribution < 1.29 is 24.2 Å². The molecule has 1 heterocycles. The van der Waals surface area contributed by atoms with Crippen molar-refractivity contribution in [1.29, 1.82) is 0 Å². The molecular weight excluding hydrogens is 202 g/mol. The van der Waals surface area contributed by atoms with E-state index in [1.807, 2.05) is 0 Å². The molecule has 0 spiro atoms. The van der Waals surface area contributed by atoms with Crippen molar-refractivity contribution >= 4 is 17.8 Å². The van der Waals surface area contributed by atoms with Gasteiger partial charge in [0.2, 0.25) is 0 Å². The van der Waals surface area contributed by atoms with Crippen LogP contribution < -0.4 is 0 Å². The van der Waals surface area contributed by atoms with Gasteiger partial charge in [0.15, 0.2) is 5.78 Å². The van der Waals surface area contributed by atoms with Crippen LogP contribution in [-0.4, -0.2) is 47.5 Å². The highest BCUT2D eigenvalue weighted by Crippen LogP contribution is 2.27. The van der Waals surface area contributed by atoms with E-state index in [9.17, 15) is 14.4 Å². The average molecular weight is 215 g/mol. The summed E-state index contributed by atoms with van der Waals surface area (Å²) in [4.78, 5) is 34.7. The number of carboxylic acid groups (broad SMARTS) is 1. The van der Waals surface area contributed by atoms with Gasteiger partial charge in [-0.2, -0.15) is 0 Å². The van der Waals surface area contributed by atoms with E-state index in [0.717, 1.165) is 4.90 Å². The third-order valence-electron chi connectivity index (χ3n) is 2.46. The highest BCUT2D eigenvalue weighted by molar-refractivity contribution is 6.06. The van der Waals surface area contributed by atoms with Gasteiger partial charge in [-0.15, -0.1) is 0 Å². The van der Waals surface area contributed by atoms with E-state index in [-0.39, 0.29) is 19.7 Å². The molecule has 1 saturated heterocycles. The van der Waals surface area contributed by atoms with Crippen LogP contribution in [0.25, 0.3) is 0 Å². The monoisotopic (exact) mass is 215 g/mol. The fourth-order valence-electron chi connectivity index (χ4n) is 1.40. The van der Waals surface area contributed by atoms with Gasteiger partial charge in [-0.1, -0.05) is 0 Å². The summed E-state index contributed by atoms with van der Waals surface area (Å²) in [5, 5.41) is 8.87. The number of amides is 1. The molecule has 84 valence electrons. The van der Waals surface area contributed by atoms with Crippen molar-refractivity contribution in [3.05, 3.63) is 0 Å². The Morgan fingerprint density at radius 2 is 2.20 bits per heavy atom. The summed E-state index contributed by atoms with van der Waals surface area (Å²) < 4.78 is 4.69. The van der Waals surface area contributed by atoms with Crippen molar-refractivity contribution in [2.45, 2.75) is 13.8 Å². The lowest BCUT2D eigenvalue weighted by Gasteiger charge is -2.17. The minimum Gasteiger partial charge on any atom is -0.480 e. The summed E-state index contributed by atoms with van der Waals surface area (Å²) in [6.07, 6.45) is -0.643. The Balaban J connectivity index is 2.76. The fraction of sp³-hybridized carbons (Fsp3) is 0.667. The first-order chi connectivity index (χ1) is 6.91. The van der Waals surface area contributed by atoms with Crippen LogP contribution >= 0.6 is 0 Å². The minimum atomic E-state index is -1.49. The van der Waals surface area contributed by atoms with E-state index >= 15 is 0 Å². The summed E-state index contributed by atoms with van der Waals surface area (Å²) in [5.74, 6) is -1.68. The van der Waals surface area contributed by atoms with E-state index in [0.29, 0.717) is 0 Å². The van der Waals surface area contributed by atoms with Gasteiger partial charge in [0.1, 0.15) is 5.41 Å². The van der Waals surface area contributed by atoms with Crippen molar-refractivity contribution in [3.63, 3.8) is 0 Å². The second-order valence-electron chi connectivity index (χ2n) is 3.62. The summed E-state index contributed by atoms with van der Waals surface area (Å²) in [5.41, 5.74) is -1.49. The van der Waals surface area contributed by atoms with Crippen LogP contribution in [0.5, 0.6) is 0 Å².